The van der Waals surface area contributed by atoms with E-state index in [1.54, 1.807) is 11.1 Å². The molecule has 330 valence electrons. The van der Waals surface area contributed by atoms with Crippen LogP contribution in [0.1, 0.15) is 230 Å². The van der Waals surface area contributed by atoms with Crippen LogP contribution in [-0.4, -0.2) is 0 Å². The van der Waals surface area contributed by atoms with Gasteiger partial charge in [0.1, 0.15) is 0 Å². The Morgan fingerprint density at radius 1 is 0.233 bits per heavy atom. The number of hydrogen-bond donors (Lipinski definition) is 0. The van der Waals surface area contributed by atoms with Crippen molar-refractivity contribution in [3.05, 3.63) is 80.7 Å². The predicted octanol–water partition coefficient (Wildman–Crippen LogP) is 21.4. The van der Waals surface area contributed by atoms with Crippen LogP contribution in [0.3, 0.4) is 0 Å². The van der Waals surface area contributed by atoms with Gasteiger partial charge in [-0.05, 0) is 160 Å². The molecule has 0 aliphatic rings. The molecular formula is C58H84Br2. The molecule has 0 saturated carbocycles. The Labute approximate surface area is 385 Å². The molecule has 0 aliphatic carbocycles. The second kappa shape index (κ2) is 29.5. The van der Waals surface area contributed by atoms with Crippen LogP contribution < -0.4 is 0 Å². The monoisotopic (exact) mass is 938 g/mol. The van der Waals surface area contributed by atoms with Gasteiger partial charge in [-0.15, -0.1) is 0 Å². The van der Waals surface area contributed by atoms with Crippen molar-refractivity contribution in [3.63, 3.8) is 0 Å². The fourth-order valence-electron chi connectivity index (χ4n) is 9.84. The van der Waals surface area contributed by atoms with Crippen LogP contribution in [0.5, 0.6) is 0 Å². The summed E-state index contributed by atoms with van der Waals surface area (Å²) in [6.45, 7) is 4.62. The highest BCUT2D eigenvalue weighted by Gasteiger charge is 2.10. The first kappa shape index (κ1) is 49.1. The summed E-state index contributed by atoms with van der Waals surface area (Å²) < 4.78 is 2.21. The lowest BCUT2D eigenvalue weighted by molar-refractivity contribution is 0.528. The van der Waals surface area contributed by atoms with Crippen LogP contribution in [0, 0.1) is 0 Å². The van der Waals surface area contributed by atoms with E-state index in [1.807, 2.05) is 0 Å². The SMILES string of the molecule is CCCCCCCCCCCCCCCCCCc1cc2cc3cc4cc5cc(Br)c(Br)cc5cc4cc3cc2cc1CCCCCCCCCCCCCCCCCC. The first-order chi connectivity index (χ1) is 29.6. The molecule has 0 radical (unpaired) electrons. The van der Waals surface area contributed by atoms with Crippen molar-refractivity contribution >= 4 is 74.9 Å². The van der Waals surface area contributed by atoms with Crippen molar-refractivity contribution in [2.45, 2.75) is 232 Å². The van der Waals surface area contributed by atoms with E-state index in [4.69, 9.17) is 0 Å². The Hall–Kier alpha value is -1.90. The van der Waals surface area contributed by atoms with Gasteiger partial charge in [0, 0.05) is 8.95 Å². The number of halogens is 2. The van der Waals surface area contributed by atoms with E-state index in [-0.39, 0.29) is 0 Å². The Balaban J connectivity index is 1.09. The minimum absolute atomic E-state index is 1.10. The van der Waals surface area contributed by atoms with Gasteiger partial charge in [0.05, 0.1) is 0 Å². The molecular weight excluding hydrogens is 856 g/mol. The molecule has 5 aromatic rings. The van der Waals surface area contributed by atoms with E-state index in [0.717, 1.165) is 8.95 Å². The van der Waals surface area contributed by atoms with Gasteiger partial charge in [0.15, 0.2) is 0 Å². The van der Waals surface area contributed by atoms with E-state index in [9.17, 15) is 0 Å². The Kier molecular flexibility index (Phi) is 24.1. The Morgan fingerprint density at radius 2 is 0.417 bits per heavy atom. The third-order valence-corrected chi connectivity index (χ3v) is 15.5. The van der Waals surface area contributed by atoms with Crippen LogP contribution >= 0.6 is 31.9 Å². The minimum Gasteiger partial charge on any atom is -0.0654 e. The largest absolute Gasteiger partial charge is 0.0654 e. The molecule has 60 heavy (non-hydrogen) atoms. The van der Waals surface area contributed by atoms with Gasteiger partial charge in [-0.25, -0.2) is 0 Å². The highest BCUT2D eigenvalue weighted by atomic mass is 79.9. The normalized spacial score (nSPS) is 11.9. The number of fused-ring (bicyclic) bond motifs is 4. The van der Waals surface area contributed by atoms with Gasteiger partial charge < -0.3 is 0 Å². The summed E-state index contributed by atoms with van der Waals surface area (Å²) in [5, 5.41) is 10.7. The van der Waals surface area contributed by atoms with Gasteiger partial charge in [0.2, 0.25) is 0 Å². The zero-order valence-electron chi connectivity index (χ0n) is 38.6. The molecule has 0 amide bonds. The van der Waals surface area contributed by atoms with Gasteiger partial charge in [-0.3, -0.25) is 0 Å². The van der Waals surface area contributed by atoms with Crippen LogP contribution in [0.2, 0.25) is 0 Å². The quantitative estimate of drug-likeness (QED) is 0.0285. The summed E-state index contributed by atoms with van der Waals surface area (Å²) in [6, 6.07) is 24.1. The van der Waals surface area contributed by atoms with Gasteiger partial charge in [0.25, 0.3) is 0 Å². The van der Waals surface area contributed by atoms with Gasteiger partial charge in [-0.1, -0.05) is 219 Å². The summed E-state index contributed by atoms with van der Waals surface area (Å²) in [5.41, 5.74) is 3.24. The maximum absolute atomic E-state index is 3.72. The van der Waals surface area contributed by atoms with Gasteiger partial charge in [-0.2, -0.15) is 0 Å². The lowest BCUT2D eigenvalue weighted by Gasteiger charge is -2.14. The lowest BCUT2D eigenvalue weighted by atomic mass is 9.91. The average molecular weight is 941 g/mol. The summed E-state index contributed by atoms with van der Waals surface area (Å²) in [5.74, 6) is 0. The molecule has 0 heterocycles. The van der Waals surface area contributed by atoms with Crippen molar-refractivity contribution in [2.24, 2.45) is 0 Å². The molecule has 0 fully saturated rings. The van der Waals surface area contributed by atoms with E-state index >= 15 is 0 Å². The summed E-state index contributed by atoms with van der Waals surface area (Å²) in [7, 11) is 0. The summed E-state index contributed by atoms with van der Waals surface area (Å²) in [4.78, 5) is 0. The molecule has 0 saturated heterocycles. The molecule has 5 rings (SSSR count). The molecule has 0 atom stereocenters. The molecule has 0 nitrogen and oxygen atoms in total. The molecule has 0 bridgehead atoms. The van der Waals surface area contributed by atoms with E-state index in [0.29, 0.717) is 0 Å². The molecule has 0 unspecified atom stereocenters. The molecule has 5 aromatic carbocycles. The Bertz CT molecular complexity index is 1800. The summed E-state index contributed by atoms with van der Waals surface area (Å²) in [6.07, 6.45) is 48.2. The highest BCUT2D eigenvalue weighted by molar-refractivity contribution is 9.13. The number of rotatable bonds is 34. The van der Waals surface area contributed by atoms with E-state index in [1.165, 1.54) is 261 Å². The average Bonchev–Trinajstić information content (AvgIpc) is 3.24. The zero-order valence-corrected chi connectivity index (χ0v) is 41.7. The van der Waals surface area contributed by atoms with Crippen LogP contribution in [-0.2, 0) is 12.8 Å². The highest BCUT2D eigenvalue weighted by Crippen LogP contribution is 2.35. The first-order valence-electron chi connectivity index (χ1n) is 25.8. The number of benzene rings is 5. The fourth-order valence-corrected chi connectivity index (χ4v) is 10.6. The second-order valence-electron chi connectivity index (χ2n) is 18.9. The smallest absolute Gasteiger partial charge is 0.0323 e. The van der Waals surface area contributed by atoms with Gasteiger partial charge >= 0.3 is 0 Å². The van der Waals surface area contributed by atoms with Crippen LogP contribution in [0.25, 0.3) is 43.1 Å². The second-order valence-corrected chi connectivity index (χ2v) is 20.6. The fraction of sp³-hybridized carbons (Fsp3) is 0.621. The maximum atomic E-state index is 3.72. The predicted molar refractivity (Wildman–Crippen MR) is 278 cm³/mol. The zero-order chi connectivity index (χ0) is 42.0. The number of hydrogen-bond acceptors (Lipinski definition) is 0. The maximum Gasteiger partial charge on any atom is 0.0323 e. The number of aryl methyl sites for hydroxylation is 2. The molecule has 0 spiro atoms. The molecule has 0 aliphatic heterocycles. The molecule has 0 aromatic heterocycles. The standard InChI is InChI=1S/C58H84Br2/c1-3-5-7-9-11-13-15-17-19-21-23-25-27-29-31-33-35-47-37-49-39-51-41-53-43-55-45-57(59)58(60)46-56(55)44-54(53)42-52(51)40-50(49)38-48(47)36-34-32-30-28-26-24-22-20-18-16-14-12-10-8-6-4-2/h37-46H,3-36H2,1-2H3. The third-order valence-electron chi connectivity index (χ3n) is 13.7. The van der Waals surface area contributed by atoms with Crippen molar-refractivity contribution < 1.29 is 0 Å². The summed E-state index contributed by atoms with van der Waals surface area (Å²) >= 11 is 7.43. The number of unbranched alkanes of at least 4 members (excludes halogenated alkanes) is 30. The van der Waals surface area contributed by atoms with Crippen molar-refractivity contribution in [3.8, 4) is 0 Å². The molecule has 2 heteroatoms. The third kappa shape index (κ3) is 17.7. The van der Waals surface area contributed by atoms with Crippen molar-refractivity contribution in [2.75, 3.05) is 0 Å². The van der Waals surface area contributed by atoms with E-state index in [2.05, 4.69) is 106 Å². The van der Waals surface area contributed by atoms with Crippen LogP contribution in [0.15, 0.2) is 69.6 Å². The van der Waals surface area contributed by atoms with Crippen molar-refractivity contribution in [1.82, 2.24) is 0 Å². The van der Waals surface area contributed by atoms with Crippen LogP contribution in [0.4, 0.5) is 0 Å². The minimum atomic E-state index is 1.10. The topological polar surface area (TPSA) is 0 Å². The molecule has 0 N–H and O–H groups in total. The first-order valence-corrected chi connectivity index (χ1v) is 27.4. The Morgan fingerprint density at radius 3 is 0.650 bits per heavy atom. The van der Waals surface area contributed by atoms with Crippen molar-refractivity contribution in [1.29, 1.82) is 0 Å². The van der Waals surface area contributed by atoms with E-state index < -0.39 is 0 Å². The lowest BCUT2D eigenvalue weighted by Crippen LogP contribution is -1.97.